The van der Waals surface area contributed by atoms with Crippen LogP contribution in [0.25, 0.3) is 0 Å². The van der Waals surface area contributed by atoms with Gasteiger partial charge in [0.25, 0.3) is 5.91 Å². The average Bonchev–Trinajstić information content (AvgIpc) is 3.37. The van der Waals surface area contributed by atoms with Crippen LogP contribution in [0.2, 0.25) is 0 Å². The fourth-order valence-electron chi connectivity index (χ4n) is 2.68. The first-order chi connectivity index (χ1) is 15.2. The smallest absolute Gasteiger partial charge is 0.371 e. The van der Waals surface area contributed by atoms with Gasteiger partial charge in [0.1, 0.15) is 36.6 Å². The van der Waals surface area contributed by atoms with Crippen molar-refractivity contribution in [3.63, 3.8) is 0 Å². The lowest BCUT2D eigenvalue weighted by atomic mass is 10.1. The zero-order chi connectivity index (χ0) is 23.3. The van der Waals surface area contributed by atoms with Crippen LogP contribution in [-0.4, -0.2) is 37.4 Å². The molecule has 0 aliphatic carbocycles. The number of aryl methyl sites for hydroxylation is 1. The third-order valence-electron chi connectivity index (χ3n) is 4.30. The van der Waals surface area contributed by atoms with Crippen LogP contribution in [0.3, 0.4) is 0 Å². The van der Waals surface area contributed by atoms with Gasteiger partial charge in [-0.2, -0.15) is 10.2 Å². The Balaban J connectivity index is 1.53. The van der Waals surface area contributed by atoms with Crippen molar-refractivity contribution >= 4 is 23.3 Å². The zero-order valence-electron chi connectivity index (χ0n) is 17.1. The molecule has 2 N–H and O–H groups in total. The minimum Gasteiger partial charge on any atom is -0.486 e. The maximum absolute atomic E-state index is 12.0. The average molecular weight is 441 g/mol. The van der Waals surface area contributed by atoms with Crippen LogP contribution in [0.1, 0.15) is 34.5 Å². The van der Waals surface area contributed by atoms with Gasteiger partial charge in [-0.15, -0.1) is 0 Å². The molecule has 12 heteroatoms. The lowest BCUT2D eigenvalue weighted by molar-refractivity contribution is -0.385. The number of carboxylic acids is 1. The Morgan fingerprint density at radius 1 is 1.28 bits per heavy atom. The van der Waals surface area contributed by atoms with Crippen LogP contribution in [0, 0.1) is 17.0 Å². The molecule has 0 radical (unpaired) electrons. The van der Waals surface area contributed by atoms with Crippen molar-refractivity contribution in [2.45, 2.75) is 27.0 Å². The van der Waals surface area contributed by atoms with Crippen LogP contribution < -0.4 is 10.2 Å². The number of nitro groups is 1. The van der Waals surface area contributed by atoms with E-state index in [1.165, 1.54) is 29.9 Å². The number of carbonyl (C=O) groups is 2. The molecule has 32 heavy (non-hydrogen) atoms. The molecule has 0 saturated carbocycles. The summed E-state index contributed by atoms with van der Waals surface area (Å²) in [6, 6.07) is 9.76. The number of carboxylic acid groups (broad SMARTS) is 1. The standard InChI is InChI=1S/C20H19N5O7/c1-12(21-22-19(26)10-24-9-17(25(29)30)13(2)23-24)14-3-5-15(6-4-14)31-11-16-7-8-18(32-16)20(27)28/h3-9H,10-11H2,1-2H3,(H,22,26)(H,27,28). The fraction of sp³-hybridized carbons (Fsp3) is 0.200. The maximum atomic E-state index is 12.0. The third kappa shape index (κ3) is 5.56. The number of benzene rings is 1. The first-order valence-electron chi connectivity index (χ1n) is 9.29. The van der Waals surface area contributed by atoms with Crippen molar-refractivity contribution in [2.75, 3.05) is 0 Å². The molecule has 2 aromatic heterocycles. The van der Waals surface area contributed by atoms with Crippen LogP contribution in [-0.2, 0) is 17.9 Å². The summed E-state index contributed by atoms with van der Waals surface area (Å²) in [5.41, 5.74) is 3.71. The zero-order valence-corrected chi connectivity index (χ0v) is 17.1. The van der Waals surface area contributed by atoms with Gasteiger partial charge in [0, 0.05) is 0 Å². The van der Waals surface area contributed by atoms with Crippen molar-refractivity contribution in [1.29, 1.82) is 0 Å². The lowest BCUT2D eigenvalue weighted by Crippen LogP contribution is -2.24. The molecule has 0 aliphatic rings. The van der Waals surface area contributed by atoms with Crippen molar-refractivity contribution in [3.8, 4) is 5.75 Å². The molecule has 1 aromatic carbocycles. The number of hydrogen-bond acceptors (Lipinski definition) is 8. The summed E-state index contributed by atoms with van der Waals surface area (Å²) < 4.78 is 11.9. The minimum absolute atomic E-state index is 0.0703. The van der Waals surface area contributed by atoms with Crippen LogP contribution >= 0.6 is 0 Å². The summed E-state index contributed by atoms with van der Waals surface area (Å²) in [6.45, 7) is 3.05. The highest BCUT2D eigenvalue weighted by Gasteiger charge is 2.16. The van der Waals surface area contributed by atoms with Crippen molar-refractivity contribution in [2.24, 2.45) is 5.10 Å². The lowest BCUT2D eigenvalue weighted by Gasteiger charge is -2.06. The Hall–Kier alpha value is -4.48. The molecule has 3 rings (SSSR count). The molecular weight excluding hydrogens is 422 g/mol. The maximum Gasteiger partial charge on any atom is 0.371 e. The Kier molecular flexibility index (Phi) is 6.63. The number of ether oxygens (including phenoxy) is 1. The van der Waals surface area contributed by atoms with E-state index in [1.54, 1.807) is 31.2 Å². The van der Waals surface area contributed by atoms with E-state index in [-0.39, 0.29) is 30.3 Å². The van der Waals surface area contributed by atoms with Crippen LogP contribution in [0.15, 0.2) is 52.1 Å². The second kappa shape index (κ2) is 9.55. The predicted molar refractivity (Wildman–Crippen MR) is 110 cm³/mol. The fourth-order valence-corrected chi connectivity index (χ4v) is 2.68. The molecular formula is C20H19N5O7. The van der Waals surface area contributed by atoms with Crippen LogP contribution in [0.4, 0.5) is 5.69 Å². The van der Waals surface area contributed by atoms with Gasteiger partial charge in [0.2, 0.25) is 5.76 Å². The third-order valence-corrected chi connectivity index (χ3v) is 4.30. The first kappa shape index (κ1) is 22.2. The second-order valence-electron chi connectivity index (χ2n) is 6.67. The van der Waals surface area contributed by atoms with Gasteiger partial charge in [-0.25, -0.2) is 10.2 Å². The van der Waals surface area contributed by atoms with Crippen LogP contribution in [0.5, 0.6) is 5.75 Å². The number of nitrogens with one attached hydrogen (secondary N) is 1. The van der Waals surface area contributed by atoms with Crippen molar-refractivity contribution in [1.82, 2.24) is 15.2 Å². The summed E-state index contributed by atoms with van der Waals surface area (Å²) in [5.74, 6) is -0.878. The SMILES string of the molecule is CC(=NNC(=O)Cn1cc([N+](=O)[O-])c(C)n1)c1ccc(OCc2ccc(C(=O)O)o2)cc1. The van der Waals surface area contributed by atoms with E-state index in [4.69, 9.17) is 14.3 Å². The van der Waals surface area contributed by atoms with E-state index in [2.05, 4.69) is 15.6 Å². The summed E-state index contributed by atoms with van der Waals surface area (Å²) >= 11 is 0. The normalized spacial score (nSPS) is 11.2. The molecule has 0 aliphatic heterocycles. The quantitative estimate of drug-likeness (QED) is 0.291. The molecule has 0 atom stereocenters. The van der Waals surface area contributed by atoms with Gasteiger partial charge in [0.15, 0.2) is 0 Å². The molecule has 12 nitrogen and oxygen atoms in total. The molecule has 0 fully saturated rings. The number of furan rings is 1. The van der Waals surface area contributed by atoms with Crippen molar-refractivity contribution < 1.29 is 28.8 Å². The highest BCUT2D eigenvalue weighted by Crippen LogP contribution is 2.17. The summed E-state index contributed by atoms with van der Waals surface area (Å²) in [4.78, 5) is 33.1. The van der Waals surface area contributed by atoms with Gasteiger partial charge in [-0.1, -0.05) is 0 Å². The Bertz CT molecular complexity index is 1180. The molecule has 3 aromatic rings. The van der Waals surface area contributed by atoms with E-state index in [9.17, 15) is 19.7 Å². The molecule has 1 amide bonds. The summed E-state index contributed by atoms with van der Waals surface area (Å²) in [7, 11) is 0. The summed E-state index contributed by atoms with van der Waals surface area (Å²) in [6.07, 6.45) is 1.19. The summed E-state index contributed by atoms with van der Waals surface area (Å²) in [5, 5.41) is 27.7. The first-order valence-corrected chi connectivity index (χ1v) is 9.29. The Morgan fingerprint density at radius 2 is 2.00 bits per heavy atom. The van der Waals surface area contributed by atoms with E-state index < -0.39 is 16.8 Å². The number of hydrogen-bond donors (Lipinski definition) is 2. The largest absolute Gasteiger partial charge is 0.486 e. The van der Waals surface area contributed by atoms with Gasteiger partial charge in [0.05, 0.1) is 10.6 Å². The molecule has 0 unspecified atom stereocenters. The number of nitrogens with zero attached hydrogens (tertiary/aromatic N) is 4. The number of hydrazone groups is 1. The monoisotopic (exact) mass is 441 g/mol. The second-order valence-corrected chi connectivity index (χ2v) is 6.67. The van der Waals surface area contributed by atoms with E-state index >= 15 is 0 Å². The van der Waals surface area contributed by atoms with Gasteiger partial charge >= 0.3 is 11.7 Å². The number of aromatic nitrogens is 2. The Morgan fingerprint density at radius 3 is 2.59 bits per heavy atom. The molecule has 2 heterocycles. The van der Waals surface area contributed by atoms with E-state index in [1.807, 2.05) is 0 Å². The molecule has 166 valence electrons. The number of rotatable bonds is 9. The van der Waals surface area contributed by atoms with Crippen molar-refractivity contribution in [3.05, 3.63) is 75.5 Å². The Labute approximate surface area is 181 Å². The van der Waals surface area contributed by atoms with Gasteiger partial charge in [-0.05, 0) is 55.8 Å². The van der Waals surface area contributed by atoms with Gasteiger partial charge in [-0.3, -0.25) is 19.6 Å². The minimum atomic E-state index is -1.15. The number of amides is 1. The number of carbonyl (C=O) groups excluding carboxylic acids is 1. The number of aromatic carboxylic acids is 1. The van der Waals surface area contributed by atoms with E-state index in [0.717, 1.165) is 5.56 Å². The molecule has 0 saturated heterocycles. The highest BCUT2D eigenvalue weighted by atomic mass is 16.6. The van der Waals surface area contributed by atoms with E-state index in [0.29, 0.717) is 17.2 Å². The predicted octanol–water partition coefficient (Wildman–Crippen LogP) is 2.51. The van der Waals surface area contributed by atoms with Gasteiger partial charge < -0.3 is 14.3 Å². The molecule has 0 spiro atoms. The highest BCUT2D eigenvalue weighted by molar-refractivity contribution is 5.99. The molecule has 0 bridgehead atoms. The topological polar surface area (TPSA) is 162 Å².